The summed E-state index contributed by atoms with van der Waals surface area (Å²) in [4.78, 5) is 33.4. The molecule has 4 N–H and O–H groups in total. The molecule has 0 aliphatic rings. The van der Waals surface area contributed by atoms with Crippen LogP contribution in [-0.2, 0) is 14.3 Å². The molecule has 0 aliphatic heterocycles. The summed E-state index contributed by atoms with van der Waals surface area (Å²) in [5.41, 5.74) is 0. The van der Waals surface area contributed by atoms with Crippen LogP contribution in [0.15, 0.2) is 0 Å². The summed E-state index contributed by atoms with van der Waals surface area (Å²) in [6.07, 6.45) is 0. The third kappa shape index (κ3) is 5.00. The molecule has 0 saturated carbocycles. The number of aliphatic hydroxyl groups is 1. The molecular formula is C10H18N2O6. The Morgan fingerprint density at radius 1 is 1.22 bits per heavy atom. The number of carboxylic acid groups (broad SMARTS) is 1. The third-order valence-corrected chi connectivity index (χ3v) is 2.19. The lowest BCUT2D eigenvalue weighted by atomic mass is 10.1. The normalized spacial score (nSPS) is 13.6. The van der Waals surface area contributed by atoms with Gasteiger partial charge < -0.3 is 25.6 Å². The van der Waals surface area contributed by atoms with Gasteiger partial charge in [0.2, 0.25) is 0 Å². The molecule has 0 aromatic rings. The zero-order chi connectivity index (χ0) is 14.3. The highest BCUT2D eigenvalue weighted by Gasteiger charge is 2.26. The number of ether oxygens (including phenoxy) is 1. The van der Waals surface area contributed by atoms with Gasteiger partial charge in [0.05, 0.1) is 13.7 Å². The van der Waals surface area contributed by atoms with Gasteiger partial charge >= 0.3 is 18.0 Å². The zero-order valence-electron chi connectivity index (χ0n) is 10.5. The molecule has 0 heterocycles. The van der Waals surface area contributed by atoms with Gasteiger partial charge in [-0.05, 0) is 5.92 Å². The Morgan fingerprint density at radius 2 is 1.78 bits per heavy atom. The van der Waals surface area contributed by atoms with Crippen LogP contribution in [0.25, 0.3) is 0 Å². The number of hydrogen-bond acceptors (Lipinski definition) is 5. The molecule has 18 heavy (non-hydrogen) atoms. The maximum Gasteiger partial charge on any atom is 0.328 e. The fraction of sp³-hybridized carbons (Fsp3) is 0.700. The van der Waals surface area contributed by atoms with Crippen molar-refractivity contribution in [3.8, 4) is 0 Å². The average molecular weight is 262 g/mol. The van der Waals surface area contributed by atoms with Crippen LogP contribution >= 0.6 is 0 Å². The van der Waals surface area contributed by atoms with Crippen LogP contribution in [-0.4, -0.2) is 54.0 Å². The minimum Gasteiger partial charge on any atom is -0.480 e. The molecule has 0 radical (unpaired) electrons. The smallest absolute Gasteiger partial charge is 0.328 e. The lowest BCUT2D eigenvalue weighted by Gasteiger charge is -2.21. The van der Waals surface area contributed by atoms with Crippen molar-refractivity contribution in [2.75, 3.05) is 13.7 Å². The molecule has 0 aliphatic carbocycles. The van der Waals surface area contributed by atoms with E-state index < -0.39 is 36.7 Å². The topological polar surface area (TPSA) is 125 Å². The minimum absolute atomic E-state index is 0.222. The Kier molecular flexibility index (Phi) is 6.73. The lowest BCUT2D eigenvalue weighted by Crippen LogP contribution is -2.53. The number of aliphatic carboxylic acids is 1. The van der Waals surface area contributed by atoms with Crippen molar-refractivity contribution in [1.29, 1.82) is 0 Å². The highest BCUT2D eigenvalue weighted by atomic mass is 16.5. The molecule has 2 atom stereocenters. The van der Waals surface area contributed by atoms with Gasteiger partial charge in [0.1, 0.15) is 6.04 Å². The van der Waals surface area contributed by atoms with E-state index >= 15 is 0 Å². The number of methoxy groups -OCH3 is 1. The van der Waals surface area contributed by atoms with Crippen LogP contribution in [0.2, 0.25) is 0 Å². The summed E-state index contributed by atoms with van der Waals surface area (Å²) >= 11 is 0. The highest BCUT2D eigenvalue weighted by Crippen LogP contribution is 2.03. The monoisotopic (exact) mass is 262 g/mol. The van der Waals surface area contributed by atoms with E-state index in [1.807, 2.05) is 5.32 Å². The first-order valence-corrected chi connectivity index (χ1v) is 5.32. The largest absolute Gasteiger partial charge is 0.480 e. The molecule has 104 valence electrons. The van der Waals surface area contributed by atoms with E-state index in [1.54, 1.807) is 13.8 Å². The van der Waals surface area contributed by atoms with Crippen LogP contribution in [0.3, 0.4) is 0 Å². The van der Waals surface area contributed by atoms with Gasteiger partial charge in [0, 0.05) is 0 Å². The second-order valence-electron chi connectivity index (χ2n) is 3.94. The van der Waals surface area contributed by atoms with E-state index in [4.69, 9.17) is 10.2 Å². The Bertz CT molecular complexity index is 317. The fourth-order valence-corrected chi connectivity index (χ4v) is 1.15. The molecule has 0 aromatic carbocycles. The highest BCUT2D eigenvalue weighted by molar-refractivity contribution is 5.86. The first-order valence-electron chi connectivity index (χ1n) is 5.32. The van der Waals surface area contributed by atoms with E-state index in [0.717, 1.165) is 0 Å². The van der Waals surface area contributed by atoms with Gasteiger partial charge in [-0.25, -0.2) is 14.4 Å². The number of carbonyl (C=O) groups is 3. The van der Waals surface area contributed by atoms with Crippen LogP contribution in [0.4, 0.5) is 4.79 Å². The molecule has 0 saturated heterocycles. The summed E-state index contributed by atoms with van der Waals surface area (Å²) < 4.78 is 4.51. The number of nitrogens with one attached hydrogen (secondary N) is 2. The van der Waals surface area contributed by atoms with Gasteiger partial charge in [-0.3, -0.25) is 0 Å². The van der Waals surface area contributed by atoms with Crippen molar-refractivity contribution in [3.05, 3.63) is 0 Å². The standard InChI is InChI=1S/C10H18N2O6/c1-5(2)7(9(16)18-3)12-10(17)11-6(4-13)8(14)15/h5-7,13H,4H2,1-3H3,(H,14,15)(H2,11,12,17)/t6-,7?/m0/s1. The van der Waals surface area contributed by atoms with Gasteiger partial charge in [0.25, 0.3) is 0 Å². The molecule has 8 heteroatoms. The second kappa shape index (κ2) is 7.49. The van der Waals surface area contributed by atoms with Crippen LogP contribution in [0.1, 0.15) is 13.8 Å². The summed E-state index contributed by atoms with van der Waals surface area (Å²) in [6, 6.07) is -3.17. The Balaban J connectivity index is 4.52. The van der Waals surface area contributed by atoms with Crippen molar-refractivity contribution in [2.24, 2.45) is 5.92 Å². The molecular weight excluding hydrogens is 244 g/mol. The van der Waals surface area contributed by atoms with Crippen molar-refractivity contribution in [1.82, 2.24) is 10.6 Å². The SMILES string of the molecule is COC(=O)C(NC(=O)N[C@@H](CO)C(=O)O)C(C)C. The third-order valence-electron chi connectivity index (χ3n) is 2.19. The Hall–Kier alpha value is -1.83. The van der Waals surface area contributed by atoms with Crippen molar-refractivity contribution in [3.63, 3.8) is 0 Å². The number of rotatable bonds is 6. The second-order valence-corrected chi connectivity index (χ2v) is 3.94. The predicted molar refractivity (Wildman–Crippen MR) is 60.8 cm³/mol. The lowest BCUT2D eigenvalue weighted by molar-refractivity contribution is -0.144. The minimum atomic E-state index is -1.42. The molecule has 2 amide bonds. The van der Waals surface area contributed by atoms with E-state index in [9.17, 15) is 14.4 Å². The van der Waals surface area contributed by atoms with Crippen molar-refractivity contribution >= 4 is 18.0 Å². The van der Waals surface area contributed by atoms with Gasteiger partial charge in [-0.2, -0.15) is 0 Å². The van der Waals surface area contributed by atoms with Crippen molar-refractivity contribution in [2.45, 2.75) is 25.9 Å². The van der Waals surface area contributed by atoms with E-state index in [-0.39, 0.29) is 5.92 Å². The Morgan fingerprint density at radius 3 is 2.11 bits per heavy atom. The summed E-state index contributed by atoms with van der Waals surface area (Å²) in [5, 5.41) is 21.7. The summed E-state index contributed by atoms with van der Waals surface area (Å²) in [5.74, 6) is -2.22. The maximum absolute atomic E-state index is 11.4. The summed E-state index contributed by atoms with van der Waals surface area (Å²) in [6.45, 7) is 2.65. The van der Waals surface area contributed by atoms with Crippen LogP contribution in [0, 0.1) is 5.92 Å². The quantitative estimate of drug-likeness (QED) is 0.452. The number of aliphatic hydroxyl groups excluding tert-OH is 1. The predicted octanol–water partition coefficient (Wildman–Crippen LogP) is -1.07. The van der Waals surface area contributed by atoms with Crippen LogP contribution < -0.4 is 10.6 Å². The first kappa shape index (κ1) is 16.2. The molecule has 0 aromatic heterocycles. The first-order chi connectivity index (χ1) is 8.33. The molecule has 8 nitrogen and oxygen atoms in total. The molecule has 1 unspecified atom stereocenters. The number of carboxylic acids is 1. The van der Waals surface area contributed by atoms with Gasteiger partial charge in [-0.15, -0.1) is 0 Å². The maximum atomic E-state index is 11.4. The number of esters is 1. The summed E-state index contributed by atoms with van der Waals surface area (Å²) in [7, 11) is 1.19. The van der Waals surface area contributed by atoms with Crippen LogP contribution in [0.5, 0.6) is 0 Å². The molecule has 0 bridgehead atoms. The number of urea groups is 1. The molecule has 0 spiro atoms. The molecule has 0 rings (SSSR count). The van der Waals surface area contributed by atoms with Gasteiger partial charge in [0.15, 0.2) is 6.04 Å². The zero-order valence-corrected chi connectivity index (χ0v) is 10.5. The average Bonchev–Trinajstić information content (AvgIpc) is 2.31. The number of amides is 2. The molecule has 0 fully saturated rings. The number of carbonyl (C=O) groups excluding carboxylic acids is 2. The van der Waals surface area contributed by atoms with Gasteiger partial charge in [-0.1, -0.05) is 13.8 Å². The number of hydrogen-bond donors (Lipinski definition) is 4. The van der Waals surface area contributed by atoms with E-state index in [0.29, 0.717) is 0 Å². The van der Waals surface area contributed by atoms with E-state index in [1.165, 1.54) is 7.11 Å². The Labute approximate surface area is 104 Å². The fourth-order valence-electron chi connectivity index (χ4n) is 1.15. The van der Waals surface area contributed by atoms with Crippen molar-refractivity contribution < 1.29 is 29.3 Å². The van der Waals surface area contributed by atoms with E-state index in [2.05, 4.69) is 10.1 Å².